The molecule has 0 atom stereocenters. The SMILES string of the molecule is Clc1ccc2c(c1)CC1=C2NNCO1. The normalized spacial score (nSPS) is 18.4. The Morgan fingerprint density at radius 1 is 1.36 bits per heavy atom. The van der Waals surface area contributed by atoms with Crippen molar-refractivity contribution in [2.45, 2.75) is 6.42 Å². The maximum absolute atomic E-state index is 5.93. The lowest BCUT2D eigenvalue weighted by atomic mass is 10.1. The van der Waals surface area contributed by atoms with Gasteiger partial charge in [-0.2, -0.15) is 0 Å². The Hall–Kier alpha value is -1.19. The van der Waals surface area contributed by atoms with Gasteiger partial charge in [-0.15, -0.1) is 0 Å². The van der Waals surface area contributed by atoms with Gasteiger partial charge in [0.05, 0.1) is 5.70 Å². The Labute approximate surface area is 86.7 Å². The second kappa shape index (κ2) is 2.90. The number of fused-ring (bicyclic) bond motifs is 2. The first-order chi connectivity index (χ1) is 6.84. The number of rotatable bonds is 0. The lowest BCUT2D eigenvalue weighted by Crippen LogP contribution is -2.36. The molecule has 0 radical (unpaired) electrons. The molecule has 1 aromatic rings. The zero-order valence-corrected chi connectivity index (χ0v) is 8.19. The summed E-state index contributed by atoms with van der Waals surface area (Å²) in [4.78, 5) is 0. The van der Waals surface area contributed by atoms with Crippen LogP contribution >= 0.6 is 11.6 Å². The van der Waals surface area contributed by atoms with Crippen LogP contribution in [0.1, 0.15) is 11.1 Å². The van der Waals surface area contributed by atoms with E-state index in [9.17, 15) is 0 Å². The van der Waals surface area contributed by atoms with E-state index in [0.29, 0.717) is 6.73 Å². The van der Waals surface area contributed by atoms with Gasteiger partial charge in [-0.05, 0) is 17.7 Å². The van der Waals surface area contributed by atoms with Crippen LogP contribution in [0.5, 0.6) is 0 Å². The first-order valence-corrected chi connectivity index (χ1v) is 4.86. The molecular formula is C10H9ClN2O. The van der Waals surface area contributed by atoms with E-state index in [1.54, 1.807) is 0 Å². The van der Waals surface area contributed by atoms with Crippen LogP contribution in [0.15, 0.2) is 24.0 Å². The fourth-order valence-corrected chi connectivity index (χ4v) is 2.07. The number of allylic oxidation sites excluding steroid dienone is 1. The van der Waals surface area contributed by atoms with Crippen LogP contribution in [-0.4, -0.2) is 6.73 Å². The lowest BCUT2D eigenvalue weighted by Gasteiger charge is -2.18. The Bertz CT molecular complexity index is 428. The molecule has 0 saturated heterocycles. The van der Waals surface area contributed by atoms with Crippen LogP contribution in [0.3, 0.4) is 0 Å². The van der Waals surface area contributed by atoms with Crippen molar-refractivity contribution in [3.63, 3.8) is 0 Å². The Morgan fingerprint density at radius 3 is 3.21 bits per heavy atom. The molecule has 0 spiro atoms. The lowest BCUT2D eigenvalue weighted by molar-refractivity contribution is 0.162. The summed E-state index contributed by atoms with van der Waals surface area (Å²) in [5.74, 6) is 1.00. The molecule has 2 N–H and O–H groups in total. The summed E-state index contributed by atoms with van der Waals surface area (Å²) in [6, 6.07) is 5.90. The third-order valence-corrected chi connectivity index (χ3v) is 2.73. The van der Waals surface area contributed by atoms with Crippen molar-refractivity contribution in [3.8, 4) is 0 Å². The van der Waals surface area contributed by atoms with Gasteiger partial charge in [0.25, 0.3) is 0 Å². The van der Waals surface area contributed by atoms with Crippen molar-refractivity contribution >= 4 is 17.3 Å². The van der Waals surface area contributed by atoms with Crippen molar-refractivity contribution in [1.29, 1.82) is 0 Å². The second-order valence-electron chi connectivity index (χ2n) is 3.37. The highest BCUT2D eigenvalue weighted by molar-refractivity contribution is 6.30. The number of hydrogen-bond donors (Lipinski definition) is 2. The van der Waals surface area contributed by atoms with Crippen LogP contribution < -0.4 is 10.9 Å². The molecule has 1 aromatic carbocycles. The summed E-state index contributed by atoms with van der Waals surface area (Å²) < 4.78 is 5.49. The quantitative estimate of drug-likeness (QED) is 0.680. The number of benzene rings is 1. The van der Waals surface area contributed by atoms with Crippen molar-refractivity contribution in [2.24, 2.45) is 0 Å². The summed E-state index contributed by atoms with van der Waals surface area (Å²) in [6.07, 6.45) is 0.833. The van der Waals surface area contributed by atoms with E-state index in [4.69, 9.17) is 16.3 Å². The van der Waals surface area contributed by atoms with Crippen LogP contribution in [0, 0.1) is 0 Å². The molecule has 0 bridgehead atoms. The van der Waals surface area contributed by atoms with Crippen LogP contribution in [0.2, 0.25) is 5.02 Å². The summed E-state index contributed by atoms with van der Waals surface area (Å²) in [5.41, 5.74) is 9.51. The first-order valence-electron chi connectivity index (χ1n) is 4.48. The first kappa shape index (κ1) is 8.15. The maximum Gasteiger partial charge on any atom is 0.155 e. The Morgan fingerprint density at radius 2 is 2.29 bits per heavy atom. The fourth-order valence-electron chi connectivity index (χ4n) is 1.87. The zero-order valence-electron chi connectivity index (χ0n) is 7.43. The van der Waals surface area contributed by atoms with Gasteiger partial charge in [-0.1, -0.05) is 17.7 Å². The van der Waals surface area contributed by atoms with Gasteiger partial charge >= 0.3 is 0 Å². The van der Waals surface area contributed by atoms with Crippen molar-refractivity contribution in [2.75, 3.05) is 6.73 Å². The number of hydrazine groups is 1. The molecule has 0 fully saturated rings. The van der Waals surface area contributed by atoms with E-state index < -0.39 is 0 Å². The van der Waals surface area contributed by atoms with Gasteiger partial charge in [0.15, 0.2) is 6.73 Å². The van der Waals surface area contributed by atoms with Crippen molar-refractivity contribution < 1.29 is 4.74 Å². The zero-order chi connectivity index (χ0) is 9.54. The molecule has 2 aliphatic rings. The van der Waals surface area contributed by atoms with Crippen LogP contribution in [0.25, 0.3) is 5.70 Å². The van der Waals surface area contributed by atoms with Gasteiger partial charge in [0.2, 0.25) is 0 Å². The second-order valence-corrected chi connectivity index (χ2v) is 3.80. The van der Waals surface area contributed by atoms with Crippen LogP contribution in [0.4, 0.5) is 0 Å². The Balaban J connectivity index is 2.10. The molecular weight excluding hydrogens is 200 g/mol. The van der Waals surface area contributed by atoms with Crippen molar-refractivity contribution in [3.05, 3.63) is 40.1 Å². The number of hydrogen-bond acceptors (Lipinski definition) is 3. The predicted molar refractivity (Wildman–Crippen MR) is 54.3 cm³/mol. The van der Waals surface area contributed by atoms with Crippen LogP contribution in [-0.2, 0) is 11.2 Å². The number of halogens is 1. The minimum atomic E-state index is 0.514. The largest absolute Gasteiger partial charge is 0.478 e. The van der Waals surface area contributed by atoms with E-state index in [1.165, 1.54) is 11.1 Å². The third kappa shape index (κ3) is 1.10. The topological polar surface area (TPSA) is 33.3 Å². The standard InChI is InChI=1S/C10H9ClN2O/c11-7-1-2-8-6(3-7)4-9-10(8)13-12-5-14-9/h1-3,12-13H,4-5H2. The highest BCUT2D eigenvalue weighted by atomic mass is 35.5. The van der Waals surface area contributed by atoms with Crippen molar-refractivity contribution in [1.82, 2.24) is 10.9 Å². The fraction of sp³-hybridized carbons (Fsp3) is 0.200. The number of nitrogens with one attached hydrogen (secondary N) is 2. The molecule has 1 heterocycles. The Kier molecular flexibility index (Phi) is 1.69. The van der Waals surface area contributed by atoms with E-state index in [2.05, 4.69) is 10.9 Å². The highest BCUT2D eigenvalue weighted by Gasteiger charge is 2.25. The average Bonchev–Trinajstić information content (AvgIpc) is 2.54. The summed E-state index contributed by atoms with van der Waals surface area (Å²) in [5, 5.41) is 0.775. The monoisotopic (exact) mass is 208 g/mol. The molecule has 72 valence electrons. The van der Waals surface area contributed by atoms with E-state index in [1.807, 2.05) is 18.2 Å². The van der Waals surface area contributed by atoms with E-state index in [0.717, 1.165) is 22.9 Å². The van der Waals surface area contributed by atoms with Gasteiger partial charge in [-0.25, -0.2) is 5.43 Å². The molecule has 0 unspecified atom stereocenters. The van der Waals surface area contributed by atoms with Gasteiger partial charge < -0.3 is 10.2 Å². The van der Waals surface area contributed by atoms with Gasteiger partial charge in [0, 0.05) is 17.0 Å². The smallest absolute Gasteiger partial charge is 0.155 e. The molecule has 0 amide bonds. The average molecular weight is 209 g/mol. The molecule has 4 heteroatoms. The molecule has 1 aliphatic heterocycles. The molecule has 0 saturated carbocycles. The summed E-state index contributed by atoms with van der Waals surface area (Å²) in [6.45, 7) is 0.514. The maximum atomic E-state index is 5.93. The molecule has 3 nitrogen and oxygen atoms in total. The number of ether oxygens (including phenoxy) is 1. The summed E-state index contributed by atoms with van der Waals surface area (Å²) >= 11 is 5.93. The predicted octanol–water partition coefficient (Wildman–Crippen LogP) is 1.65. The minimum absolute atomic E-state index is 0.514. The van der Waals surface area contributed by atoms with E-state index in [-0.39, 0.29) is 0 Å². The molecule has 3 rings (SSSR count). The molecule has 14 heavy (non-hydrogen) atoms. The van der Waals surface area contributed by atoms with Gasteiger partial charge in [-0.3, -0.25) is 0 Å². The summed E-state index contributed by atoms with van der Waals surface area (Å²) in [7, 11) is 0. The molecule has 1 aliphatic carbocycles. The minimum Gasteiger partial charge on any atom is -0.478 e. The molecule has 0 aromatic heterocycles. The van der Waals surface area contributed by atoms with E-state index >= 15 is 0 Å². The highest BCUT2D eigenvalue weighted by Crippen LogP contribution is 2.33. The third-order valence-electron chi connectivity index (χ3n) is 2.50. The van der Waals surface area contributed by atoms with Gasteiger partial charge in [0.1, 0.15) is 5.76 Å².